The molecule has 0 aromatic heterocycles. The Morgan fingerprint density at radius 2 is 1.92 bits per heavy atom. The topological polar surface area (TPSA) is 52.6 Å². The molecule has 24 heavy (non-hydrogen) atoms. The molecule has 1 aromatic carbocycles. The monoisotopic (exact) mass is 344 g/mol. The lowest BCUT2D eigenvalue weighted by Crippen LogP contribution is -2.49. The minimum atomic E-state index is -4.17. The lowest BCUT2D eigenvalue weighted by molar-refractivity contribution is -0.133. The maximum absolute atomic E-state index is 12.4. The summed E-state index contributed by atoms with van der Waals surface area (Å²) in [6, 6.07) is 5.81. The van der Waals surface area contributed by atoms with Gasteiger partial charge in [-0.2, -0.15) is 13.2 Å². The number of halogens is 3. The number of rotatable bonds is 4. The van der Waals surface area contributed by atoms with Crippen molar-refractivity contribution in [3.63, 3.8) is 0 Å². The summed E-state index contributed by atoms with van der Waals surface area (Å²) in [5, 5.41) is 12.9. The first kappa shape index (κ1) is 18.6. The number of carbonyl (C=O) groups is 1. The van der Waals surface area contributed by atoms with Gasteiger partial charge in [0.2, 0.25) is 0 Å². The Balaban J connectivity index is 1.95. The number of amides is 2. The van der Waals surface area contributed by atoms with Crippen molar-refractivity contribution >= 4 is 11.7 Å². The van der Waals surface area contributed by atoms with Crippen molar-refractivity contribution in [3.8, 4) is 0 Å². The van der Waals surface area contributed by atoms with E-state index in [-0.39, 0.29) is 18.5 Å². The smallest absolute Gasteiger partial charge is 0.388 e. The van der Waals surface area contributed by atoms with E-state index >= 15 is 0 Å². The highest BCUT2D eigenvalue weighted by atomic mass is 19.4. The Morgan fingerprint density at radius 1 is 1.29 bits per heavy atom. The predicted octanol–water partition coefficient (Wildman–Crippen LogP) is 3.95. The Morgan fingerprint density at radius 3 is 2.46 bits per heavy atom. The van der Waals surface area contributed by atoms with Crippen LogP contribution in [0.2, 0.25) is 0 Å². The third-order valence-electron chi connectivity index (χ3n) is 4.23. The molecule has 134 valence electrons. The molecule has 0 spiro atoms. The number of urea groups is 1. The Bertz CT molecular complexity index is 565. The van der Waals surface area contributed by atoms with Crippen molar-refractivity contribution < 1.29 is 23.1 Å². The van der Waals surface area contributed by atoms with E-state index in [1.807, 2.05) is 0 Å². The van der Waals surface area contributed by atoms with E-state index in [4.69, 9.17) is 0 Å². The molecule has 2 amide bonds. The van der Waals surface area contributed by atoms with Gasteiger partial charge in [-0.15, -0.1) is 0 Å². The van der Waals surface area contributed by atoms with Gasteiger partial charge < -0.3 is 15.3 Å². The third-order valence-corrected chi connectivity index (χ3v) is 4.23. The van der Waals surface area contributed by atoms with E-state index < -0.39 is 18.2 Å². The first-order valence-electron chi connectivity index (χ1n) is 8.02. The molecule has 4 nitrogen and oxygen atoms in total. The quantitative estimate of drug-likeness (QED) is 0.869. The van der Waals surface area contributed by atoms with Crippen LogP contribution in [0, 0.1) is 0 Å². The van der Waals surface area contributed by atoms with Crippen molar-refractivity contribution in [2.75, 3.05) is 11.9 Å². The number of nitrogens with zero attached hydrogens (tertiary/aromatic N) is 1. The first-order valence-corrected chi connectivity index (χ1v) is 8.02. The van der Waals surface area contributed by atoms with E-state index in [9.17, 15) is 23.1 Å². The van der Waals surface area contributed by atoms with E-state index in [1.54, 1.807) is 43.0 Å². The lowest BCUT2D eigenvalue weighted by atomic mass is 9.97. The van der Waals surface area contributed by atoms with Crippen molar-refractivity contribution in [2.24, 2.45) is 0 Å². The molecule has 1 heterocycles. The van der Waals surface area contributed by atoms with Crippen LogP contribution in [-0.4, -0.2) is 40.4 Å². The number of likely N-dealkylation sites (tertiary alicyclic amines) is 1. The van der Waals surface area contributed by atoms with Gasteiger partial charge in [0.1, 0.15) is 0 Å². The third kappa shape index (κ3) is 5.12. The van der Waals surface area contributed by atoms with Gasteiger partial charge in [0.15, 0.2) is 0 Å². The minimum absolute atomic E-state index is 0.0787. The number of aliphatic hydroxyl groups is 1. The minimum Gasteiger partial charge on any atom is -0.388 e. The summed E-state index contributed by atoms with van der Waals surface area (Å²) in [4.78, 5) is 14.0. The zero-order chi connectivity index (χ0) is 18.0. The summed E-state index contributed by atoms with van der Waals surface area (Å²) in [6.07, 6.45) is -3.54. The molecule has 1 saturated heterocycles. The summed E-state index contributed by atoms with van der Waals surface area (Å²) in [7, 11) is 0. The van der Waals surface area contributed by atoms with Gasteiger partial charge in [0.05, 0.1) is 11.6 Å². The molecule has 1 aromatic rings. The predicted molar refractivity (Wildman–Crippen MR) is 85.9 cm³/mol. The molecule has 1 atom stereocenters. The molecular formula is C17H23F3N2O2. The number of aryl methyl sites for hydroxylation is 1. The molecule has 7 heteroatoms. The van der Waals surface area contributed by atoms with Crippen LogP contribution in [0.4, 0.5) is 23.7 Å². The summed E-state index contributed by atoms with van der Waals surface area (Å²) in [5.41, 5.74) is 0.118. The second-order valence-corrected chi connectivity index (χ2v) is 6.75. The van der Waals surface area contributed by atoms with Crippen molar-refractivity contribution in [2.45, 2.75) is 57.3 Å². The number of benzene rings is 1. The molecule has 1 fully saturated rings. The van der Waals surface area contributed by atoms with Crippen LogP contribution >= 0.6 is 0 Å². The fraction of sp³-hybridized carbons (Fsp3) is 0.588. The number of alkyl halides is 3. The molecule has 2 rings (SSSR count). The zero-order valence-electron chi connectivity index (χ0n) is 13.9. The fourth-order valence-corrected chi connectivity index (χ4v) is 2.98. The van der Waals surface area contributed by atoms with Gasteiger partial charge in [0, 0.05) is 18.7 Å². The number of carbonyl (C=O) groups excluding carboxylic acids is 1. The number of hydrogen-bond acceptors (Lipinski definition) is 2. The largest absolute Gasteiger partial charge is 0.389 e. The number of anilines is 1. The maximum Gasteiger partial charge on any atom is 0.389 e. The molecule has 0 saturated carbocycles. The normalized spacial score (nSPS) is 18.8. The summed E-state index contributed by atoms with van der Waals surface area (Å²) >= 11 is 0. The Kier molecular flexibility index (Phi) is 5.42. The highest BCUT2D eigenvalue weighted by Gasteiger charge is 2.38. The van der Waals surface area contributed by atoms with Crippen LogP contribution < -0.4 is 5.32 Å². The SMILES string of the molecule is CC(C)(O)C1CCCN1C(=O)Nc1ccc(CCC(F)(F)F)cc1. The Hall–Kier alpha value is -1.76. The van der Waals surface area contributed by atoms with Crippen molar-refractivity contribution in [1.82, 2.24) is 4.90 Å². The lowest BCUT2D eigenvalue weighted by Gasteiger charge is -2.33. The molecule has 0 bridgehead atoms. The van der Waals surface area contributed by atoms with E-state index in [2.05, 4.69) is 5.32 Å². The average molecular weight is 344 g/mol. The highest BCUT2D eigenvalue weighted by molar-refractivity contribution is 5.89. The van der Waals surface area contributed by atoms with Gasteiger partial charge >= 0.3 is 12.2 Å². The van der Waals surface area contributed by atoms with Gasteiger partial charge in [-0.25, -0.2) is 4.79 Å². The van der Waals surface area contributed by atoms with Gasteiger partial charge in [-0.3, -0.25) is 0 Å². The Labute approximate surface area is 139 Å². The molecule has 1 aliphatic heterocycles. The van der Waals surface area contributed by atoms with Gasteiger partial charge in [-0.1, -0.05) is 12.1 Å². The first-order chi connectivity index (χ1) is 11.1. The molecule has 0 radical (unpaired) electrons. The summed E-state index contributed by atoms with van der Waals surface area (Å²) in [5.74, 6) is 0. The van der Waals surface area contributed by atoms with Gasteiger partial charge in [0.25, 0.3) is 0 Å². The summed E-state index contributed by atoms with van der Waals surface area (Å²) in [6.45, 7) is 3.93. The van der Waals surface area contributed by atoms with Gasteiger partial charge in [-0.05, 0) is 50.8 Å². The van der Waals surface area contributed by atoms with E-state index in [1.165, 1.54) is 0 Å². The number of hydrogen-bond donors (Lipinski definition) is 2. The molecule has 2 N–H and O–H groups in total. The average Bonchev–Trinajstić information content (AvgIpc) is 2.95. The van der Waals surface area contributed by atoms with Crippen LogP contribution in [0.3, 0.4) is 0 Å². The van der Waals surface area contributed by atoms with Crippen molar-refractivity contribution in [3.05, 3.63) is 29.8 Å². The summed E-state index contributed by atoms with van der Waals surface area (Å²) < 4.78 is 36.6. The van der Waals surface area contributed by atoms with Crippen molar-refractivity contribution in [1.29, 1.82) is 0 Å². The second-order valence-electron chi connectivity index (χ2n) is 6.75. The van der Waals surface area contributed by atoms with Crippen LogP contribution in [-0.2, 0) is 6.42 Å². The molecule has 1 aliphatic rings. The fourth-order valence-electron chi connectivity index (χ4n) is 2.98. The highest BCUT2D eigenvalue weighted by Crippen LogP contribution is 2.27. The molecular weight excluding hydrogens is 321 g/mol. The molecule has 1 unspecified atom stereocenters. The standard InChI is InChI=1S/C17H23F3N2O2/c1-16(2,24)14-4-3-11-22(14)15(23)21-13-7-5-12(6-8-13)9-10-17(18,19)20/h5-8,14,24H,3-4,9-11H2,1-2H3,(H,21,23). The van der Waals surface area contributed by atoms with Crippen LogP contribution in [0.25, 0.3) is 0 Å². The maximum atomic E-state index is 12.4. The zero-order valence-corrected chi connectivity index (χ0v) is 13.9. The van der Waals surface area contributed by atoms with Crippen LogP contribution in [0.15, 0.2) is 24.3 Å². The molecule has 0 aliphatic carbocycles. The van der Waals surface area contributed by atoms with E-state index in [0.717, 1.165) is 12.8 Å². The van der Waals surface area contributed by atoms with Crippen LogP contribution in [0.1, 0.15) is 38.7 Å². The second kappa shape index (κ2) is 7.01. The number of nitrogens with one attached hydrogen (secondary N) is 1. The van der Waals surface area contributed by atoms with E-state index in [0.29, 0.717) is 17.8 Å². The van der Waals surface area contributed by atoms with Crippen LogP contribution in [0.5, 0.6) is 0 Å².